The molecule has 4 heteroatoms. The fourth-order valence-electron chi connectivity index (χ4n) is 2.00. The summed E-state index contributed by atoms with van der Waals surface area (Å²) in [6.07, 6.45) is 0. The standard InChI is InChI=1S/C15H14ClF2N/c1-9-3-8-12(14(18)13(9)17)15(2,19)10-4-6-11(16)7-5-10/h3-8H,19H2,1-2H3. The third kappa shape index (κ3) is 2.48. The van der Waals surface area contributed by atoms with Gasteiger partial charge in [-0.1, -0.05) is 35.9 Å². The third-order valence-corrected chi connectivity index (χ3v) is 3.53. The van der Waals surface area contributed by atoms with Gasteiger partial charge in [0.2, 0.25) is 0 Å². The fraction of sp³-hybridized carbons (Fsp3) is 0.200. The summed E-state index contributed by atoms with van der Waals surface area (Å²) in [6, 6.07) is 9.80. The van der Waals surface area contributed by atoms with Crippen LogP contribution in [0.2, 0.25) is 5.02 Å². The minimum absolute atomic E-state index is 0.123. The van der Waals surface area contributed by atoms with Crippen molar-refractivity contribution >= 4 is 11.6 Å². The molecule has 0 spiro atoms. The molecule has 2 aromatic rings. The van der Waals surface area contributed by atoms with Gasteiger partial charge in [0.05, 0.1) is 5.54 Å². The molecule has 0 aromatic heterocycles. The molecule has 0 radical (unpaired) electrons. The molecule has 0 fully saturated rings. The Morgan fingerprint density at radius 3 is 2.16 bits per heavy atom. The molecule has 19 heavy (non-hydrogen) atoms. The maximum Gasteiger partial charge on any atom is 0.164 e. The Labute approximate surface area is 116 Å². The van der Waals surface area contributed by atoms with E-state index < -0.39 is 17.2 Å². The maximum atomic E-state index is 14.0. The lowest BCUT2D eigenvalue weighted by Crippen LogP contribution is -2.35. The van der Waals surface area contributed by atoms with Gasteiger partial charge >= 0.3 is 0 Å². The van der Waals surface area contributed by atoms with Gasteiger partial charge in [-0.15, -0.1) is 0 Å². The largest absolute Gasteiger partial charge is 0.318 e. The van der Waals surface area contributed by atoms with Crippen LogP contribution in [0.1, 0.15) is 23.6 Å². The van der Waals surface area contributed by atoms with Gasteiger partial charge in [-0.2, -0.15) is 0 Å². The monoisotopic (exact) mass is 281 g/mol. The quantitative estimate of drug-likeness (QED) is 0.879. The topological polar surface area (TPSA) is 26.0 Å². The van der Waals surface area contributed by atoms with Gasteiger partial charge in [-0.25, -0.2) is 8.78 Å². The molecule has 0 aliphatic carbocycles. The van der Waals surface area contributed by atoms with E-state index in [2.05, 4.69) is 0 Å². The van der Waals surface area contributed by atoms with Crippen molar-refractivity contribution in [2.75, 3.05) is 0 Å². The summed E-state index contributed by atoms with van der Waals surface area (Å²) in [5.41, 5.74) is 6.10. The molecule has 100 valence electrons. The number of halogens is 3. The lowest BCUT2D eigenvalue weighted by molar-refractivity contribution is 0.464. The Bertz CT molecular complexity index is 606. The lowest BCUT2D eigenvalue weighted by Gasteiger charge is -2.27. The van der Waals surface area contributed by atoms with Crippen LogP contribution in [0.4, 0.5) is 8.78 Å². The van der Waals surface area contributed by atoms with Gasteiger partial charge in [0, 0.05) is 10.6 Å². The van der Waals surface area contributed by atoms with Crippen LogP contribution in [0.25, 0.3) is 0 Å². The Kier molecular flexibility index (Phi) is 3.61. The zero-order valence-corrected chi connectivity index (χ0v) is 11.4. The van der Waals surface area contributed by atoms with Crippen LogP contribution in [-0.2, 0) is 5.54 Å². The normalized spacial score (nSPS) is 14.2. The summed E-state index contributed by atoms with van der Waals surface area (Å²) >= 11 is 5.81. The van der Waals surface area contributed by atoms with Crippen molar-refractivity contribution in [2.45, 2.75) is 19.4 Å². The molecule has 2 N–H and O–H groups in total. The van der Waals surface area contributed by atoms with Gasteiger partial charge in [0.25, 0.3) is 0 Å². The lowest BCUT2D eigenvalue weighted by atomic mass is 9.85. The van der Waals surface area contributed by atoms with E-state index in [1.807, 2.05) is 0 Å². The van der Waals surface area contributed by atoms with E-state index in [0.29, 0.717) is 10.6 Å². The first-order chi connectivity index (χ1) is 8.84. The molecule has 2 aromatic carbocycles. The van der Waals surface area contributed by atoms with Crippen molar-refractivity contribution in [1.82, 2.24) is 0 Å². The molecule has 0 saturated carbocycles. The summed E-state index contributed by atoms with van der Waals surface area (Å²) in [7, 11) is 0. The first-order valence-electron chi connectivity index (χ1n) is 5.84. The Morgan fingerprint density at radius 2 is 1.58 bits per heavy atom. The van der Waals surface area contributed by atoms with Crippen molar-refractivity contribution in [1.29, 1.82) is 0 Å². The number of benzene rings is 2. The maximum absolute atomic E-state index is 14.0. The zero-order valence-electron chi connectivity index (χ0n) is 10.7. The minimum atomic E-state index is -1.12. The molecule has 0 amide bonds. The van der Waals surface area contributed by atoms with Crippen LogP contribution >= 0.6 is 11.6 Å². The molecular weight excluding hydrogens is 268 g/mol. The molecule has 1 unspecified atom stereocenters. The van der Waals surface area contributed by atoms with E-state index in [-0.39, 0.29) is 11.1 Å². The minimum Gasteiger partial charge on any atom is -0.318 e. The van der Waals surface area contributed by atoms with Crippen LogP contribution in [0.5, 0.6) is 0 Å². The van der Waals surface area contributed by atoms with E-state index in [1.165, 1.54) is 19.1 Å². The van der Waals surface area contributed by atoms with Crippen LogP contribution in [-0.4, -0.2) is 0 Å². The first-order valence-corrected chi connectivity index (χ1v) is 6.22. The average Bonchev–Trinajstić information content (AvgIpc) is 2.36. The van der Waals surface area contributed by atoms with Crippen molar-refractivity contribution < 1.29 is 8.78 Å². The molecule has 2 rings (SSSR count). The Hall–Kier alpha value is -1.45. The highest BCUT2D eigenvalue weighted by Crippen LogP contribution is 2.31. The van der Waals surface area contributed by atoms with Crippen molar-refractivity contribution in [3.8, 4) is 0 Å². The summed E-state index contributed by atoms with van der Waals surface area (Å²) in [4.78, 5) is 0. The van der Waals surface area contributed by atoms with Gasteiger partial charge in [0.15, 0.2) is 11.6 Å². The molecule has 0 aliphatic rings. The van der Waals surface area contributed by atoms with E-state index in [1.54, 1.807) is 31.2 Å². The second kappa shape index (κ2) is 4.91. The van der Waals surface area contributed by atoms with Crippen LogP contribution in [0.3, 0.4) is 0 Å². The van der Waals surface area contributed by atoms with E-state index in [4.69, 9.17) is 17.3 Å². The van der Waals surface area contributed by atoms with Crippen LogP contribution in [0, 0.1) is 18.6 Å². The zero-order chi connectivity index (χ0) is 14.2. The summed E-state index contributed by atoms with van der Waals surface area (Å²) < 4.78 is 27.7. The van der Waals surface area contributed by atoms with Crippen molar-refractivity contribution in [3.63, 3.8) is 0 Å². The SMILES string of the molecule is Cc1ccc(C(C)(N)c2ccc(Cl)cc2)c(F)c1F. The van der Waals surface area contributed by atoms with Crippen molar-refractivity contribution in [2.24, 2.45) is 5.73 Å². The number of hydrogen-bond acceptors (Lipinski definition) is 1. The molecule has 1 nitrogen and oxygen atoms in total. The fourth-order valence-corrected chi connectivity index (χ4v) is 2.12. The average molecular weight is 282 g/mol. The van der Waals surface area contributed by atoms with E-state index in [9.17, 15) is 8.78 Å². The number of nitrogens with two attached hydrogens (primary N) is 1. The molecular formula is C15H14ClF2N. The highest BCUT2D eigenvalue weighted by molar-refractivity contribution is 6.30. The predicted molar refractivity (Wildman–Crippen MR) is 73.2 cm³/mol. The van der Waals surface area contributed by atoms with E-state index in [0.717, 1.165) is 0 Å². The molecule has 0 bridgehead atoms. The van der Waals surface area contributed by atoms with Crippen LogP contribution in [0.15, 0.2) is 36.4 Å². The molecule has 1 atom stereocenters. The second-order valence-corrected chi connectivity index (χ2v) is 5.20. The highest BCUT2D eigenvalue weighted by atomic mass is 35.5. The van der Waals surface area contributed by atoms with Gasteiger partial charge in [-0.3, -0.25) is 0 Å². The Balaban J connectivity index is 2.56. The van der Waals surface area contributed by atoms with Gasteiger partial charge in [-0.05, 0) is 37.1 Å². The predicted octanol–water partition coefficient (Wildman–Crippen LogP) is 4.15. The van der Waals surface area contributed by atoms with Crippen LogP contribution < -0.4 is 5.73 Å². The number of rotatable bonds is 2. The van der Waals surface area contributed by atoms with Crippen molar-refractivity contribution in [3.05, 3.63) is 69.7 Å². The summed E-state index contributed by atoms with van der Waals surface area (Å²) in [5.74, 6) is -1.76. The first kappa shape index (κ1) is 14.0. The molecule has 0 aliphatic heterocycles. The number of hydrogen-bond donors (Lipinski definition) is 1. The highest BCUT2D eigenvalue weighted by Gasteiger charge is 2.28. The third-order valence-electron chi connectivity index (χ3n) is 3.28. The smallest absolute Gasteiger partial charge is 0.164 e. The van der Waals surface area contributed by atoms with Gasteiger partial charge in [0.1, 0.15) is 0 Å². The summed E-state index contributed by atoms with van der Waals surface area (Å²) in [5, 5.41) is 0.565. The molecule has 0 heterocycles. The molecule has 0 saturated heterocycles. The van der Waals surface area contributed by atoms with E-state index >= 15 is 0 Å². The second-order valence-electron chi connectivity index (χ2n) is 4.77. The number of aryl methyl sites for hydroxylation is 1. The van der Waals surface area contributed by atoms with Gasteiger partial charge < -0.3 is 5.73 Å². The Morgan fingerprint density at radius 1 is 1.00 bits per heavy atom. The summed E-state index contributed by atoms with van der Waals surface area (Å²) in [6.45, 7) is 3.15.